The molecule has 0 atom stereocenters. The third-order valence-electron chi connectivity index (χ3n) is 1.96. The van der Waals surface area contributed by atoms with E-state index in [9.17, 15) is 18.0 Å². The van der Waals surface area contributed by atoms with E-state index < -0.39 is 17.5 Å². The second-order valence-electron chi connectivity index (χ2n) is 3.10. The van der Waals surface area contributed by atoms with Crippen molar-refractivity contribution in [2.24, 2.45) is 0 Å². The molecule has 0 saturated carbocycles. The molecule has 1 aromatic carbocycles. The summed E-state index contributed by atoms with van der Waals surface area (Å²) in [6, 6.07) is 1.17. The van der Waals surface area contributed by atoms with Crippen molar-refractivity contribution in [1.82, 2.24) is 5.32 Å². The molecule has 1 amide bonds. The van der Waals surface area contributed by atoms with Gasteiger partial charge in [0.25, 0.3) is 0 Å². The van der Waals surface area contributed by atoms with E-state index in [1.165, 1.54) is 7.05 Å². The second kappa shape index (κ2) is 5.39. The summed E-state index contributed by atoms with van der Waals surface area (Å²) in [5.74, 6) is -3.50. The van der Waals surface area contributed by atoms with Crippen LogP contribution < -0.4 is 10.6 Å². The van der Waals surface area contributed by atoms with Crippen molar-refractivity contribution >= 4 is 11.6 Å². The lowest BCUT2D eigenvalue weighted by molar-refractivity contribution is -0.120. The Kier molecular flexibility index (Phi) is 4.16. The number of benzene rings is 1. The Bertz CT molecular complexity index is 396. The maximum Gasteiger partial charge on any atom is 0.221 e. The molecule has 0 aromatic heterocycles. The van der Waals surface area contributed by atoms with Crippen molar-refractivity contribution < 1.29 is 18.0 Å². The molecule has 3 nitrogen and oxygen atoms in total. The summed E-state index contributed by atoms with van der Waals surface area (Å²) in [7, 11) is 1.47. The van der Waals surface area contributed by atoms with Crippen LogP contribution in [0.4, 0.5) is 18.9 Å². The highest BCUT2D eigenvalue weighted by atomic mass is 19.2. The largest absolute Gasteiger partial charge is 0.382 e. The van der Waals surface area contributed by atoms with Gasteiger partial charge in [-0.25, -0.2) is 13.2 Å². The van der Waals surface area contributed by atoms with Gasteiger partial charge in [0.15, 0.2) is 11.6 Å². The topological polar surface area (TPSA) is 41.1 Å². The monoisotopic (exact) mass is 232 g/mol. The fourth-order valence-electron chi connectivity index (χ4n) is 1.09. The van der Waals surface area contributed by atoms with Gasteiger partial charge in [0.1, 0.15) is 5.82 Å². The van der Waals surface area contributed by atoms with E-state index in [1.807, 2.05) is 0 Å². The molecule has 6 heteroatoms. The quantitative estimate of drug-likeness (QED) is 0.775. The highest BCUT2D eigenvalue weighted by Gasteiger charge is 2.09. The van der Waals surface area contributed by atoms with E-state index >= 15 is 0 Å². The summed E-state index contributed by atoms with van der Waals surface area (Å²) in [6.45, 7) is 0.141. The Labute approximate surface area is 90.6 Å². The summed E-state index contributed by atoms with van der Waals surface area (Å²) < 4.78 is 38.4. The Morgan fingerprint density at radius 2 is 1.81 bits per heavy atom. The molecule has 1 rings (SSSR count). The minimum atomic E-state index is -1.24. The molecule has 0 saturated heterocycles. The lowest BCUT2D eigenvalue weighted by atomic mass is 10.2. The highest BCUT2D eigenvalue weighted by Crippen LogP contribution is 2.18. The first-order valence-corrected chi connectivity index (χ1v) is 4.63. The van der Waals surface area contributed by atoms with Gasteiger partial charge >= 0.3 is 0 Å². The van der Waals surface area contributed by atoms with Crippen molar-refractivity contribution in [2.45, 2.75) is 6.42 Å². The van der Waals surface area contributed by atoms with Gasteiger partial charge in [-0.1, -0.05) is 0 Å². The normalized spacial score (nSPS) is 10.0. The first kappa shape index (κ1) is 12.4. The molecule has 16 heavy (non-hydrogen) atoms. The summed E-state index contributed by atoms with van der Waals surface area (Å²) in [6.07, 6.45) is 0.120. The van der Waals surface area contributed by atoms with E-state index in [2.05, 4.69) is 10.6 Å². The zero-order valence-corrected chi connectivity index (χ0v) is 8.61. The molecule has 0 heterocycles. The summed E-state index contributed by atoms with van der Waals surface area (Å²) in [4.78, 5) is 10.8. The minimum Gasteiger partial charge on any atom is -0.382 e. The van der Waals surface area contributed by atoms with Crippen LogP contribution >= 0.6 is 0 Å². The average Bonchev–Trinajstić information content (AvgIpc) is 2.25. The van der Waals surface area contributed by atoms with Crippen molar-refractivity contribution in [3.8, 4) is 0 Å². The van der Waals surface area contributed by atoms with Gasteiger partial charge in [0, 0.05) is 32.1 Å². The summed E-state index contributed by atoms with van der Waals surface area (Å²) in [5, 5.41) is 4.88. The molecular weight excluding hydrogens is 221 g/mol. The number of anilines is 1. The fraction of sp³-hybridized carbons (Fsp3) is 0.300. The molecule has 2 N–H and O–H groups in total. The van der Waals surface area contributed by atoms with E-state index in [1.54, 1.807) is 0 Å². The van der Waals surface area contributed by atoms with Crippen LogP contribution in [0.15, 0.2) is 12.1 Å². The smallest absolute Gasteiger partial charge is 0.221 e. The average molecular weight is 232 g/mol. The van der Waals surface area contributed by atoms with Crippen LogP contribution in [-0.4, -0.2) is 19.5 Å². The van der Waals surface area contributed by atoms with E-state index in [0.29, 0.717) is 12.1 Å². The number of hydrogen-bond acceptors (Lipinski definition) is 2. The highest BCUT2D eigenvalue weighted by molar-refractivity contribution is 5.76. The van der Waals surface area contributed by atoms with Crippen LogP contribution in [-0.2, 0) is 4.79 Å². The van der Waals surface area contributed by atoms with Gasteiger partial charge in [0.05, 0.1) is 5.69 Å². The molecule has 88 valence electrons. The van der Waals surface area contributed by atoms with Crippen molar-refractivity contribution in [2.75, 3.05) is 18.9 Å². The van der Waals surface area contributed by atoms with E-state index in [4.69, 9.17) is 0 Å². The first-order chi connectivity index (χ1) is 7.54. The number of hydrogen-bond donors (Lipinski definition) is 2. The molecule has 0 unspecified atom stereocenters. The van der Waals surface area contributed by atoms with Crippen LogP contribution in [0.3, 0.4) is 0 Å². The SMILES string of the molecule is CNC(=O)CCNc1cc(F)c(F)cc1F. The van der Waals surface area contributed by atoms with Gasteiger partial charge in [-0.05, 0) is 0 Å². The molecular formula is C10H11F3N2O. The number of halogens is 3. The molecule has 0 aliphatic heterocycles. The van der Waals surface area contributed by atoms with Gasteiger partial charge in [-0.15, -0.1) is 0 Å². The van der Waals surface area contributed by atoms with E-state index in [-0.39, 0.29) is 24.6 Å². The Morgan fingerprint density at radius 3 is 2.44 bits per heavy atom. The maximum atomic E-state index is 13.1. The first-order valence-electron chi connectivity index (χ1n) is 4.63. The zero-order valence-electron chi connectivity index (χ0n) is 8.61. The maximum absolute atomic E-state index is 13.1. The van der Waals surface area contributed by atoms with Crippen molar-refractivity contribution in [3.63, 3.8) is 0 Å². The Morgan fingerprint density at radius 1 is 1.19 bits per heavy atom. The number of carbonyl (C=O) groups excluding carboxylic acids is 1. The number of nitrogens with one attached hydrogen (secondary N) is 2. The van der Waals surface area contributed by atoms with Crippen molar-refractivity contribution in [3.05, 3.63) is 29.6 Å². The molecule has 1 aromatic rings. The lowest BCUT2D eigenvalue weighted by Crippen LogP contribution is -2.21. The predicted molar refractivity (Wildman–Crippen MR) is 53.5 cm³/mol. The Hall–Kier alpha value is -1.72. The van der Waals surface area contributed by atoms with Gasteiger partial charge < -0.3 is 10.6 Å². The number of amides is 1. The third-order valence-corrected chi connectivity index (χ3v) is 1.96. The summed E-state index contributed by atoms with van der Waals surface area (Å²) >= 11 is 0. The second-order valence-corrected chi connectivity index (χ2v) is 3.10. The summed E-state index contributed by atoms with van der Waals surface area (Å²) in [5.41, 5.74) is -0.164. The van der Waals surface area contributed by atoms with Crippen LogP contribution in [0.1, 0.15) is 6.42 Å². The van der Waals surface area contributed by atoms with Gasteiger partial charge in [0.2, 0.25) is 5.91 Å². The van der Waals surface area contributed by atoms with Crippen LogP contribution in [0.5, 0.6) is 0 Å². The fourth-order valence-corrected chi connectivity index (χ4v) is 1.09. The van der Waals surface area contributed by atoms with Gasteiger partial charge in [-0.3, -0.25) is 4.79 Å². The zero-order chi connectivity index (χ0) is 12.1. The molecule has 0 radical (unpaired) electrons. The lowest BCUT2D eigenvalue weighted by Gasteiger charge is -2.07. The molecule has 0 bridgehead atoms. The van der Waals surface area contributed by atoms with Gasteiger partial charge in [-0.2, -0.15) is 0 Å². The van der Waals surface area contributed by atoms with E-state index in [0.717, 1.165) is 0 Å². The number of rotatable bonds is 4. The number of carbonyl (C=O) groups is 1. The van der Waals surface area contributed by atoms with Crippen molar-refractivity contribution in [1.29, 1.82) is 0 Å². The molecule has 0 spiro atoms. The van der Waals surface area contributed by atoms with Crippen LogP contribution in [0, 0.1) is 17.5 Å². The molecule has 0 fully saturated rings. The van der Waals surface area contributed by atoms with Crippen LogP contribution in [0.25, 0.3) is 0 Å². The molecule has 0 aliphatic rings. The Balaban J connectivity index is 2.60. The standard InChI is InChI=1S/C10H11F3N2O/c1-14-10(16)2-3-15-9-5-7(12)6(11)4-8(9)13/h4-5,15H,2-3H2,1H3,(H,14,16). The van der Waals surface area contributed by atoms with Crippen LogP contribution in [0.2, 0.25) is 0 Å². The minimum absolute atomic E-state index is 0.120. The third kappa shape index (κ3) is 3.15. The molecule has 0 aliphatic carbocycles. The predicted octanol–water partition coefficient (Wildman–Crippen LogP) is 1.65.